The molecule has 0 saturated heterocycles. The minimum absolute atomic E-state index is 0.330. The molecule has 47 heavy (non-hydrogen) atoms. The minimum Gasteiger partial charge on any atom is -0.494 e. The molecule has 0 bridgehead atoms. The fourth-order valence-electron chi connectivity index (χ4n) is 5.37. The van der Waals surface area contributed by atoms with Crippen molar-refractivity contribution in [2.45, 2.75) is 136 Å². The van der Waals surface area contributed by atoms with Crippen molar-refractivity contribution in [1.82, 2.24) is 5.32 Å². The number of nitrogens with one attached hydrogen (secondary N) is 1. The molecule has 0 unspecified atom stereocenters. The maximum absolute atomic E-state index is 12.0. The molecule has 0 radical (unpaired) electrons. The number of hydrogen-bond acceptors (Lipinski definition) is 7. The predicted molar refractivity (Wildman–Crippen MR) is 192 cm³/mol. The van der Waals surface area contributed by atoms with Gasteiger partial charge in [-0.1, -0.05) is 89.7 Å². The molecule has 1 aromatic carbocycles. The fourth-order valence-corrected chi connectivity index (χ4v) is 7.98. The third-order valence-corrected chi connectivity index (χ3v) is 11.0. The van der Waals surface area contributed by atoms with E-state index in [9.17, 15) is 14.7 Å². The normalized spacial score (nSPS) is 11.9. The first-order valence-corrected chi connectivity index (χ1v) is 20.3. The molecule has 0 saturated carbocycles. The zero-order valence-electron chi connectivity index (χ0n) is 30.0. The van der Waals surface area contributed by atoms with E-state index in [1.165, 1.54) is 57.8 Å². The second-order valence-corrected chi connectivity index (χ2v) is 14.6. The first kappa shape index (κ1) is 42.6. The maximum Gasteiger partial charge on any atom is 0.500 e. The van der Waals surface area contributed by atoms with Gasteiger partial charge in [-0.15, -0.1) is 0 Å². The van der Waals surface area contributed by atoms with Crippen molar-refractivity contribution in [2.75, 3.05) is 39.6 Å². The van der Waals surface area contributed by atoms with E-state index in [0.29, 0.717) is 64.0 Å². The molecule has 0 spiro atoms. The lowest BCUT2D eigenvalue weighted by atomic mass is 10.0. The second kappa shape index (κ2) is 28.6. The number of benzene rings is 1. The van der Waals surface area contributed by atoms with Gasteiger partial charge < -0.3 is 33.2 Å². The molecule has 0 aliphatic heterocycles. The van der Waals surface area contributed by atoms with Crippen molar-refractivity contribution in [3.8, 4) is 5.75 Å². The third kappa shape index (κ3) is 22.0. The highest BCUT2D eigenvalue weighted by Crippen LogP contribution is 2.20. The van der Waals surface area contributed by atoms with Gasteiger partial charge in [0.2, 0.25) is 0 Å². The highest BCUT2D eigenvalue weighted by molar-refractivity contribution is 6.60. The molecule has 0 aliphatic carbocycles. The molecule has 1 rings (SSSR count). The van der Waals surface area contributed by atoms with Crippen LogP contribution in [0.3, 0.4) is 0 Å². The van der Waals surface area contributed by atoms with E-state index in [-0.39, 0.29) is 0 Å². The Morgan fingerprint density at radius 3 is 1.79 bits per heavy atom. The summed E-state index contributed by atoms with van der Waals surface area (Å²) in [5, 5.41) is 12.5. The number of rotatable bonds is 31. The van der Waals surface area contributed by atoms with Crippen LogP contribution in [0.5, 0.6) is 5.75 Å². The molecule has 270 valence electrons. The first-order chi connectivity index (χ1) is 22.9. The van der Waals surface area contributed by atoms with Crippen LogP contribution in [0, 0.1) is 0 Å². The molecule has 0 aromatic heterocycles. The van der Waals surface area contributed by atoms with Crippen LogP contribution in [0.2, 0.25) is 6.04 Å². The molecule has 9 nitrogen and oxygen atoms in total. The topological polar surface area (TPSA) is 113 Å². The Morgan fingerprint density at radius 1 is 0.702 bits per heavy atom. The lowest BCUT2D eigenvalue weighted by Crippen LogP contribution is -2.46. The number of aliphatic carboxylic acids is 1. The van der Waals surface area contributed by atoms with E-state index in [2.05, 4.69) is 12.2 Å². The van der Waals surface area contributed by atoms with Crippen LogP contribution in [-0.4, -0.2) is 65.6 Å². The van der Waals surface area contributed by atoms with Crippen molar-refractivity contribution < 1.29 is 37.4 Å². The second-order valence-electron chi connectivity index (χ2n) is 11.9. The monoisotopic (exact) mass is 679 g/mol. The molecule has 10 heteroatoms. The Kier molecular flexibility index (Phi) is 25.9. The zero-order chi connectivity index (χ0) is 34.4. The number of carbonyl (C=O) groups excluding carboxylic acids is 1. The molecule has 0 atom stereocenters. The summed E-state index contributed by atoms with van der Waals surface area (Å²) in [6.45, 7) is 11.1. The van der Waals surface area contributed by atoms with Gasteiger partial charge in [0.15, 0.2) is 0 Å². The van der Waals surface area contributed by atoms with Gasteiger partial charge in [-0.2, -0.15) is 0 Å². The number of ether oxygens (including phenoxy) is 2. The minimum atomic E-state index is -2.70. The first-order valence-electron chi connectivity index (χ1n) is 18.4. The lowest BCUT2D eigenvalue weighted by Gasteiger charge is -2.28. The average molecular weight is 680 g/mol. The molecule has 2 N–H and O–H groups in total. The number of hydrogen-bond donors (Lipinski definition) is 2. The van der Waals surface area contributed by atoms with Gasteiger partial charge in [0.05, 0.1) is 13.2 Å². The van der Waals surface area contributed by atoms with Crippen LogP contribution in [0.25, 0.3) is 6.08 Å². The number of amides is 1. The maximum atomic E-state index is 12.0. The van der Waals surface area contributed by atoms with Gasteiger partial charge in [-0.3, -0.25) is 0 Å². The van der Waals surface area contributed by atoms with Crippen molar-refractivity contribution >= 4 is 26.9 Å². The molecular weight excluding hydrogens is 614 g/mol. The van der Waals surface area contributed by atoms with Gasteiger partial charge in [-0.25, -0.2) is 9.59 Å². The Morgan fingerprint density at radius 2 is 1.23 bits per heavy atom. The summed E-state index contributed by atoms with van der Waals surface area (Å²) in [4.78, 5) is 23.9. The number of alkyl carbamates (subject to hydrolysis) is 1. The van der Waals surface area contributed by atoms with Crippen LogP contribution in [-0.2, 0) is 22.8 Å². The van der Waals surface area contributed by atoms with Crippen LogP contribution in [0.4, 0.5) is 4.79 Å². The van der Waals surface area contributed by atoms with Crippen molar-refractivity contribution in [3.05, 3.63) is 35.4 Å². The van der Waals surface area contributed by atoms with Crippen LogP contribution in [0.1, 0.15) is 136 Å². The molecule has 1 aromatic rings. The summed E-state index contributed by atoms with van der Waals surface area (Å²) in [6.07, 6.45) is 18.7. The van der Waals surface area contributed by atoms with Crippen LogP contribution >= 0.6 is 0 Å². The smallest absolute Gasteiger partial charge is 0.494 e. The summed E-state index contributed by atoms with van der Waals surface area (Å²) in [7, 11) is -2.70. The van der Waals surface area contributed by atoms with E-state index in [1.807, 2.05) is 45.0 Å². The molecule has 1 amide bonds. The quantitative estimate of drug-likeness (QED) is 0.0453. The Bertz CT molecular complexity index is 939. The van der Waals surface area contributed by atoms with E-state index < -0.39 is 20.9 Å². The van der Waals surface area contributed by atoms with Gasteiger partial charge in [-0.05, 0) is 76.6 Å². The molecular formula is C37H65NO8Si. The lowest BCUT2D eigenvalue weighted by molar-refractivity contribution is -0.132. The number of carboxylic acid groups (broad SMARTS) is 1. The van der Waals surface area contributed by atoms with Gasteiger partial charge in [0, 0.05) is 38.0 Å². The van der Waals surface area contributed by atoms with E-state index in [4.69, 9.17) is 22.8 Å². The highest BCUT2D eigenvalue weighted by Gasteiger charge is 2.39. The van der Waals surface area contributed by atoms with Crippen molar-refractivity contribution in [1.29, 1.82) is 0 Å². The standard InChI is InChI=1S/C37H65NO8Si/c1-5-9-10-11-12-13-14-15-17-20-29-42-35-26-24-33(25-27-35)32-34(36(39)40)23-19-16-18-21-30-43-37(41)38-28-22-31-47(44-6-2,45-7-3)46-8-4/h24-27,32H,5-23,28-31H2,1-4H3,(H,38,41)(H,39,40)/b34-32+. The predicted octanol–water partition coefficient (Wildman–Crippen LogP) is 9.57. The third-order valence-electron chi connectivity index (χ3n) is 7.86. The Labute approximate surface area is 286 Å². The summed E-state index contributed by atoms with van der Waals surface area (Å²) in [6, 6.07) is 8.28. The van der Waals surface area contributed by atoms with Crippen LogP contribution in [0.15, 0.2) is 29.8 Å². The summed E-state index contributed by atoms with van der Waals surface area (Å²) < 4.78 is 28.7. The highest BCUT2D eigenvalue weighted by atomic mass is 28.4. The van der Waals surface area contributed by atoms with Gasteiger partial charge in [0.25, 0.3) is 0 Å². The SMILES string of the molecule is CCCCCCCCCCCCOc1ccc(/C=C(\CCCCCCOC(=O)NCCC[Si](OCC)(OCC)OCC)C(=O)O)cc1. The Balaban J connectivity index is 2.21. The molecule has 0 heterocycles. The van der Waals surface area contributed by atoms with Gasteiger partial charge >= 0.3 is 20.9 Å². The summed E-state index contributed by atoms with van der Waals surface area (Å²) in [5.74, 6) is -0.0748. The van der Waals surface area contributed by atoms with E-state index in [0.717, 1.165) is 43.4 Å². The average Bonchev–Trinajstić information content (AvgIpc) is 3.05. The van der Waals surface area contributed by atoms with E-state index in [1.54, 1.807) is 6.08 Å². The largest absolute Gasteiger partial charge is 0.500 e. The summed E-state index contributed by atoms with van der Waals surface area (Å²) in [5.41, 5.74) is 1.25. The number of carbonyl (C=O) groups is 2. The number of carboxylic acids is 1. The molecule has 0 fully saturated rings. The van der Waals surface area contributed by atoms with E-state index >= 15 is 0 Å². The van der Waals surface area contributed by atoms with Gasteiger partial charge in [0.1, 0.15) is 5.75 Å². The van der Waals surface area contributed by atoms with Crippen molar-refractivity contribution in [3.63, 3.8) is 0 Å². The van der Waals surface area contributed by atoms with Crippen LogP contribution < -0.4 is 10.1 Å². The van der Waals surface area contributed by atoms with Crippen molar-refractivity contribution in [2.24, 2.45) is 0 Å². The number of unbranched alkanes of at least 4 members (excludes halogenated alkanes) is 12. The fraction of sp³-hybridized carbons (Fsp3) is 0.730. The summed E-state index contributed by atoms with van der Waals surface area (Å²) >= 11 is 0. The zero-order valence-corrected chi connectivity index (χ0v) is 31.0. The Hall–Kier alpha value is -2.40. The molecule has 0 aliphatic rings.